The van der Waals surface area contributed by atoms with Crippen molar-refractivity contribution in [3.05, 3.63) is 46.6 Å². The van der Waals surface area contributed by atoms with E-state index in [9.17, 15) is 4.79 Å². The molecule has 2 aromatic rings. The van der Waals surface area contributed by atoms with Crippen LogP contribution in [0.3, 0.4) is 0 Å². The zero-order valence-electron chi connectivity index (χ0n) is 19.5. The number of aliphatic carboxylic acids is 1. The normalized spacial score (nSPS) is 11.8. The summed E-state index contributed by atoms with van der Waals surface area (Å²) in [5.41, 5.74) is 2.99. The van der Waals surface area contributed by atoms with Crippen LogP contribution >= 0.6 is 52.0 Å². The molecule has 0 saturated heterocycles. The van der Waals surface area contributed by atoms with Gasteiger partial charge in [-0.1, -0.05) is 48.4 Å². The van der Waals surface area contributed by atoms with Crippen LogP contribution in [0.1, 0.15) is 34.1 Å². The molecule has 0 aliphatic rings. The van der Waals surface area contributed by atoms with Crippen LogP contribution in [-0.4, -0.2) is 40.5 Å². The molecule has 4 N–H and O–H groups in total. The van der Waals surface area contributed by atoms with Gasteiger partial charge in [-0.2, -0.15) is 0 Å². The number of hydrogen-bond acceptors (Lipinski definition) is 9. The van der Waals surface area contributed by atoms with Crippen molar-refractivity contribution in [3.8, 4) is 5.95 Å². The van der Waals surface area contributed by atoms with E-state index >= 15 is 0 Å². The number of carbonyl (C=O) groups is 1. The number of thioether (sulfide) groups is 1. The molecule has 0 radical (unpaired) electrons. The Morgan fingerprint density at radius 1 is 1.24 bits per heavy atom. The zero-order valence-corrected chi connectivity index (χ0v) is 24.3. The van der Waals surface area contributed by atoms with Crippen molar-refractivity contribution in [1.29, 1.82) is 0 Å². The first-order chi connectivity index (χ1) is 15.9. The molecule has 0 amide bonds. The van der Waals surface area contributed by atoms with E-state index in [1.54, 1.807) is 30.0 Å². The van der Waals surface area contributed by atoms with Gasteiger partial charge in [0, 0.05) is 16.0 Å². The molecule has 2 rings (SSSR count). The Balaban J connectivity index is 0.000000594. The smallest absolute Gasteiger partial charge is 0.320 e. The van der Waals surface area contributed by atoms with Crippen LogP contribution in [0.2, 0.25) is 10.0 Å². The van der Waals surface area contributed by atoms with Crippen molar-refractivity contribution in [2.45, 2.75) is 45.1 Å². The summed E-state index contributed by atoms with van der Waals surface area (Å²) in [6, 6.07) is 7.81. The lowest BCUT2D eigenvalue weighted by Gasteiger charge is -2.19. The fraction of sp³-hybridized carbons (Fsp3) is 0.476. The number of nitrogens with two attached hydrogens (primary N) is 1. The SMILES string of the molecule is CC(C)C[C@H](N)C(=O)O.CCOP(=S)(OCC)SCSc1cc(Cl)ccc1Cl.Oc1ccco1. The Bertz CT molecular complexity index is 864. The second-order valence-electron chi connectivity index (χ2n) is 6.77. The highest BCUT2D eigenvalue weighted by Gasteiger charge is 2.19. The summed E-state index contributed by atoms with van der Waals surface area (Å²) >= 11 is 20.6. The third kappa shape index (κ3) is 16.3. The monoisotopic (exact) mass is 591 g/mol. The molecular formula is C21H32Cl2NO6PS3. The lowest BCUT2D eigenvalue weighted by molar-refractivity contribution is -0.138. The van der Waals surface area contributed by atoms with Gasteiger partial charge in [0.05, 0.1) is 29.6 Å². The Morgan fingerprint density at radius 2 is 1.85 bits per heavy atom. The Hall–Kier alpha value is -0.420. The summed E-state index contributed by atoms with van der Waals surface area (Å²) in [5, 5.41) is 18.7. The van der Waals surface area contributed by atoms with Crippen molar-refractivity contribution >= 4 is 69.8 Å². The minimum atomic E-state index is -2.23. The molecule has 13 heteroatoms. The van der Waals surface area contributed by atoms with E-state index in [1.807, 2.05) is 33.8 Å². The Labute approximate surface area is 225 Å². The molecule has 0 aliphatic carbocycles. The second-order valence-corrected chi connectivity index (χ2v) is 15.3. The molecule has 0 bridgehead atoms. The first-order valence-corrected chi connectivity index (χ1v) is 16.2. The summed E-state index contributed by atoms with van der Waals surface area (Å²) < 4.78 is 15.5. The average Bonchev–Trinajstić information content (AvgIpc) is 3.22. The van der Waals surface area contributed by atoms with E-state index in [1.165, 1.54) is 23.7 Å². The van der Waals surface area contributed by atoms with E-state index < -0.39 is 17.7 Å². The molecule has 0 saturated carbocycles. The fourth-order valence-corrected chi connectivity index (χ4v) is 9.58. The van der Waals surface area contributed by atoms with Gasteiger partial charge in [0.2, 0.25) is 5.69 Å². The maximum atomic E-state index is 10.1. The molecule has 1 aromatic heterocycles. The third-order valence-electron chi connectivity index (χ3n) is 3.44. The summed E-state index contributed by atoms with van der Waals surface area (Å²) in [6.07, 6.45) is 1.96. The predicted octanol–water partition coefficient (Wildman–Crippen LogP) is 7.50. The molecule has 0 unspecified atom stereocenters. The van der Waals surface area contributed by atoms with E-state index in [0.29, 0.717) is 35.6 Å². The minimum absolute atomic E-state index is 0.0324. The highest BCUT2D eigenvalue weighted by Crippen LogP contribution is 2.62. The number of rotatable bonds is 11. The summed E-state index contributed by atoms with van der Waals surface area (Å²) in [5.74, 6) is -0.588. The molecular weight excluding hydrogens is 560 g/mol. The van der Waals surface area contributed by atoms with Crippen LogP contribution in [-0.2, 0) is 25.6 Å². The van der Waals surface area contributed by atoms with Crippen LogP contribution in [0, 0.1) is 5.92 Å². The summed E-state index contributed by atoms with van der Waals surface area (Å²) in [4.78, 5) is 11.1. The van der Waals surface area contributed by atoms with Crippen molar-refractivity contribution in [3.63, 3.8) is 0 Å². The molecule has 0 spiro atoms. The van der Waals surface area contributed by atoms with Crippen molar-refractivity contribution in [2.24, 2.45) is 11.7 Å². The highest BCUT2D eigenvalue weighted by molar-refractivity contribution is 8.69. The number of benzene rings is 1. The molecule has 7 nitrogen and oxygen atoms in total. The quantitative estimate of drug-likeness (QED) is 0.138. The molecule has 0 aliphatic heterocycles. The van der Waals surface area contributed by atoms with E-state index in [2.05, 4.69) is 4.42 Å². The number of carboxylic acid groups (broad SMARTS) is 1. The number of hydrogen-bond donors (Lipinski definition) is 3. The van der Waals surface area contributed by atoms with E-state index in [-0.39, 0.29) is 5.95 Å². The van der Waals surface area contributed by atoms with Gasteiger partial charge in [-0.25, -0.2) is 0 Å². The molecule has 34 heavy (non-hydrogen) atoms. The van der Waals surface area contributed by atoms with Gasteiger partial charge < -0.3 is 29.4 Å². The van der Waals surface area contributed by atoms with Crippen LogP contribution in [0.4, 0.5) is 0 Å². The number of halogens is 2. The average molecular weight is 593 g/mol. The van der Waals surface area contributed by atoms with Crippen LogP contribution < -0.4 is 5.73 Å². The lowest BCUT2D eigenvalue weighted by Crippen LogP contribution is -2.31. The molecule has 194 valence electrons. The Morgan fingerprint density at radius 3 is 2.24 bits per heavy atom. The van der Waals surface area contributed by atoms with E-state index in [4.69, 9.17) is 60.0 Å². The van der Waals surface area contributed by atoms with Gasteiger partial charge in [-0.05, 0) is 62.3 Å². The Kier molecular flexibility index (Phi) is 18.6. The van der Waals surface area contributed by atoms with Crippen molar-refractivity contribution in [1.82, 2.24) is 0 Å². The highest BCUT2D eigenvalue weighted by atomic mass is 35.5. The van der Waals surface area contributed by atoms with Crippen molar-refractivity contribution in [2.75, 3.05) is 18.3 Å². The van der Waals surface area contributed by atoms with Crippen LogP contribution in [0.5, 0.6) is 5.95 Å². The second kappa shape index (κ2) is 18.8. The standard InChI is InChI=1S/C11H15Cl2O2PS3.C6H13NO2.C4H4O2/c1-3-14-16(17,15-4-2)19-8-18-11-7-9(12)5-6-10(11)13;1-4(2)3-5(7)6(8)9;5-4-2-1-3-6-4/h5-7H,3-4,8H2,1-2H3;4-5H,3,7H2,1-2H3,(H,8,9);1-3,5H/t;5-;/m.0./s1. The van der Waals surface area contributed by atoms with Crippen molar-refractivity contribution < 1.29 is 28.5 Å². The topological polar surface area (TPSA) is 115 Å². The first kappa shape index (κ1) is 33.6. The zero-order chi connectivity index (χ0) is 26.1. The van der Waals surface area contributed by atoms with Gasteiger partial charge in [0.1, 0.15) is 6.04 Å². The van der Waals surface area contributed by atoms with Gasteiger partial charge in [0.25, 0.3) is 5.95 Å². The third-order valence-corrected chi connectivity index (χ3v) is 11.2. The fourth-order valence-electron chi connectivity index (χ4n) is 2.05. The molecule has 0 fully saturated rings. The molecule has 1 aromatic carbocycles. The van der Waals surface area contributed by atoms with Gasteiger partial charge in [0.15, 0.2) is 0 Å². The molecule has 1 atom stereocenters. The van der Waals surface area contributed by atoms with Gasteiger partial charge in [-0.3, -0.25) is 4.79 Å². The first-order valence-electron chi connectivity index (χ1n) is 10.3. The van der Waals surface area contributed by atoms with Gasteiger partial charge >= 0.3 is 5.97 Å². The number of carboxylic acids is 1. The number of aromatic hydroxyl groups is 1. The summed E-state index contributed by atoms with van der Waals surface area (Å²) in [7, 11) is 0. The maximum absolute atomic E-state index is 10.1. The van der Waals surface area contributed by atoms with Crippen LogP contribution in [0.25, 0.3) is 0 Å². The van der Waals surface area contributed by atoms with Crippen LogP contribution in [0.15, 0.2) is 45.9 Å². The largest absolute Gasteiger partial charge is 0.481 e. The number of furan rings is 1. The van der Waals surface area contributed by atoms with E-state index in [0.717, 1.165) is 9.98 Å². The minimum Gasteiger partial charge on any atom is -0.481 e. The maximum Gasteiger partial charge on any atom is 0.320 e. The summed E-state index contributed by atoms with van der Waals surface area (Å²) in [6.45, 7) is 8.86. The van der Waals surface area contributed by atoms with Gasteiger partial charge in [-0.15, -0.1) is 11.8 Å². The predicted molar refractivity (Wildman–Crippen MR) is 148 cm³/mol. The molecule has 1 heterocycles. The lowest BCUT2D eigenvalue weighted by atomic mass is 10.1.